The molecule has 3 aromatic rings. The zero-order chi connectivity index (χ0) is 14.2. The van der Waals surface area contributed by atoms with Crippen molar-refractivity contribution in [2.75, 3.05) is 6.61 Å². The number of imidazole rings is 1. The molecule has 0 saturated carbocycles. The molecular formula is C14H13ClN4O2. The van der Waals surface area contributed by atoms with Crippen LogP contribution in [0.4, 0.5) is 0 Å². The Balaban J connectivity index is 1.88. The van der Waals surface area contributed by atoms with Crippen LogP contribution in [0.15, 0.2) is 29.1 Å². The van der Waals surface area contributed by atoms with E-state index < -0.39 is 0 Å². The van der Waals surface area contributed by atoms with Crippen LogP contribution in [0, 0.1) is 0 Å². The highest BCUT2D eigenvalue weighted by molar-refractivity contribution is 6.28. The lowest BCUT2D eigenvalue weighted by atomic mass is 10.2. The molecule has 0 spiro atoms. The molecule has 0 aliphatic carbocycles. The number of ether oxygens (including phenoxy) is 1. The summed E-state index contributed by atoms with van der Waals surface area (Å²) in [6.07, 6.45) is 6.46. The van der Waals surface area contributed by atoms with Gasteiger partial charge in [-0.1, -0.05) is 0 Å². The molecule has 108 valence electrons. The Kier molecular flexibility index (Phi) is 3.12. The Labute approximate surface area is 125 Å². The van der Waals surface area contributed by atoms with Crippen molar-refractivity contribution in [3.8, 4) is 11.5 Å². The number of hydrogen-bond acceptors (Lipinski definition) is 5. The van der Waals surface area contributed by atoms with Gasteiger partial charge in [-0.2, -0.15) is 4.98 Å². The van der Waals surface area contributed by atoms with E-state index in [2.05, 4.69) is 15.0 Å². The third-order valence-corrected chi connectivity index (χ3v) is 3.78. The molecule has 21 heavy (non-hydrogen) atoms. The molecule has 1 fully saturated rings. The molecule has 0 amide bonds. The fourth-order valence-corrected chi connectivity index (χ4v) is 2.79. The largest absolute Gasteiger partial charge is 0.463 e. The van der Waals surface area contributed by atoms with Gasteiger partial charge in [0.15, 0.2) is 11.4 Å². The van der Waals surface area contributed by atoms with Gasteiger partial charge in [0.25, 0.3) is 0 Å². The van der Waals surface area contributed by atoms with Crippen LogP contribution in [-0.2, 0) is 4.74 Å². The molecule has 0 bridgehead atoms. The average Bonchev–Trinajstić information content (AvgIpc) is 3.17. The van der Waals surface area contributed by atoms with Crippen LogP contribution in [-0.4, -0.2) is 26.1 Å². The first-order chi connectivity index (χ1) is 10.3. The van der Waals surface area contributed by atoms with Gasteiger partial charge in [0.05, 0.1) is 12.6 Å². The standard InChI is InChI=1S/C14H13ClN4O2/c15-14-17-11(9-4-3-7-20-9)12-13(18-14)19(8-16-12)10-5-1-2-6-21-10/h3-4,7-8,10H,1-2,5-6H2. The van der Waals surface area contributed by atoms with Crippen molar-refractivity contribution in [2.45, 2.75) is 25.5 Å². The van der Waals surface area contributed by atoms with E-state index in [1.165, 1.54) is 0 Å². The molecule has 3 aromatic heterocycles. The number of nitrogens with zero attached hydrogens (tertiary/aromatic N) is 4. The highest BCUT2D eigenvalue weighted by atomic mass is 35.5. The van der Waals surface area contributed by atoms with Gasteiger partial charge < -0.3 is 9.15 Å². The Hall–Kier alpha value is -1.92. The molecule has 7 heteroatoms. The first-order valence-corrected chi connectivity index (χ1v) is 7.26. The number of hydrogen-bond donors (Lipinski definition) is 0. The summed E-state index contributed by atoms with van der Waals surface area (Å²) in [6.45, 7) is 0.758. The molecule has 0 aromatic carbocycles. The molecule has 1 atom stereocenters. The Morgan fingerprint density at radius 3 is 3.00 bits per heavy atom. The predicted octanol–water partition coefficient (Wildman–Crippen LogP) is 3.44. The van der Waals surface area contributed by atoms with Gasteiger partial charge in [-0.3, -0.25) is 4.57 Å². The van der Waals surface area contributed by atoms with E-state index in [0.717, 1.165) is 25.9 Å². The van der Waals surface area contributed by atoms with Crippen molar-refractivity contribution < 1.29 is 9.15 Å². The first kappa shape index (κ1) is 12.8. The summed E-state index contributed by atoms with van der Waals surface area (Å²) in [5, 5.41) is 0.173. The number of furan rings is 1. The molecule has 6 nitrogen and oxygen atoms in total. The lowest BCUT2D eigenvalue weighted by Gasteiger charge is -2.23. The zero-order valence-corrected chi connectivity index (χ0v) is 12.0. The molecule has 1 aliphatic rings. The third-order valence-electron chi connectivity index (χ3n) is 3.61. The maximum absolute atomic E-state index is 6.06. The minimum Gasteiger partial charge on any atom is -0.463 e. The number of halogens is 1. The fraction of sp³-hybridized carbons (Fsp3) is 0.357. The summed E-state index contributed by atoms with van der Waals surface area (Å²) >= 11 is 6.06. The van der Waals surface area contributed by atoms with E-state index in [1.807, 2.05) is 10.6 Å². The minimum atomic E-state index is -0.0424. The van der Waals surface area contributed by atoms with E-state index in [-0.39, 0.29) is 11.5 Å². The number of aromatic nitrogens is 4. The predicted molar refractivity (Wildman–Crippen MR) is 76.9 cm³/mol. The summed E-state index contributed by atoms with van der Waals surface area (Å²) in [5.74, 6) is 0.624. The van der Waals surface area contributed by atoms with E-state index in [4.69, 9.17) is 20.8 Å². The topological polar surface area (TPSA) is 66.0 Å². The van der Waals surface area contributed by atoms with Crippen LogP contribution in [0.25, 0.3) is 22.6 Å². The van der Waals surface area contributed by atoms with Crippen LogP contribution in [0.3, 0.4) is 0 Å². The van der Waals surface area contributed by atoms with Crippen molar-refractivity contribution in [2.24, 2.45) is 0 Å². The first-order valence-electron chi connectivity index (χ1n) is 6.88. The zero-order valence-electron chi connectivity index (χ0n) is 11.2. The van der Waals surface area contributed by atoms with Crippen molar-refractivity contribution >= 4 is 22.8 Å². The SMILES string of the molecule is Clc1nc(-c2ccco2)c2ncn(C3CCCCO3)c2n1. The van der Waals surface area contributed by atoms with Crippen LogP contribution in [0.1, 0.15) is 25.5 Å². The van der Waals surface area contributed by atoms with Gasteiger partial charge in [0.2, 0.25) is 5.28 Å². The molecule has 1 saturated heterocycles. The van der Waals surface area contributed by atoms with Crippen molar-refractivity contribution in [3.05, 3.63) is 30.0 Å². The summed E-state index contributed by atoms with van der Waals surface area (Å²) < 4.78 is 13.1. The van der Waals surface area contributed by atoms with Gasteiger partial charge >= 0.3 is 0 Å². The lowest BCUT2D eigenvalue weighted by molar-refractivity contribution is -0.0298. The highest BCUT2D eigenvalue weighted by Crippen LogP contribution is 2.30. The normalized spacial score (nSPS) is 19.2. The van der Waals surface area contributed by atoms with Gasteiger partial charge in [-0.05, 0) is 43.0 Å². The Morgan fingerprint density at radius 2 is 2.24 bits per heavy atom. The maximum atomic E-state index is 6.06. The van der Waals surface area contributed by atoms with Crippen molar-refractivity contribution in [3.63, 3.8) is 0 Å². The molecule has 0 N–H and O–H groups in total. The number of fused-ring (bicyclic) bond motifs is 1. The fourth-order valence-electron chi connectivity index (χ4n) is 2.63. The highest BCUT2D eigenvalue weighted by Gasteiger charge is 2.22. The molecule has 0 radical (unpaired) electrons. The summed E-state index contributed by atoms with van der Waals surface area (Å²) in [6, 6.07) is 3.63. The van der Waals surface area contributed by atoms with Gasteiger partial charge in [-0.25, -0.2) is 9.97 Å². The average molecular weight is 305 g/mol. The van der Waals surface area contributed by atoms with Crippen LogP contribution >= 0.6 is 11.6 Å². The summed E-state index contributed by atoms with van der Waals surface area (Å²) in [4.78, 5) is 13.0. The van der Waals surface area contributed by atoms with E-state index >= 15 is 0 Å². The van der Waals surface area contributed by atoms with E-state index in [9.17, 15) is 0 Å². The second kappa shape index (κ2) is 5.13. The van der Waals surface area contributed by atoms with Crippen LogP contribution in [0.2, 0.25) is 5.28 Å². The molecular weight excluding hydrogens is 292 g/mol. The lowest BCUT2D eigenvalue weighted by Crippen LogP contribution is -2.17. The third kappa shape index (κ3) is 2.20. The second-order valence-corrected chi connectivity index (χ2v) is 5.30. The number of rotatable bonds is 2. The van der Waals surface area contributed by atoms with Gasteiger partial charge in [0, 0.05) is 6.61 Å². The molecule has 1 unspecified atom stereocenters. The van der Waals surface area contributed by atoms with Crippen molar-refractivity contribution in [1.29, 1.82) is 0 Å². The summed E-state index contributed by atoms with van der Waals surface area (Å²) in [5.41, 5.74) is 1.95. The molecule has 1 aliphatic heterocycles. The monoisotopic (exact) mass is 304 g/mol. The summed E-state index contributed by atoms with van der Waals surface area (Å²) in [7, 11) is 0. The van der Waals surface area contributed by atoms with Crippen molar-refractivity contribution in [1.82, 2.24) is 19.5 Å². The van der Waals surface area contributed by atoms with E-state index in [1.54, 1.807) is 18.7 Å². The molecule has 4 heterocycles. The minimum absolute atomic E-state index is 0.0424. The quantitative estimate of drug-likeness (QED) is 0.678. The second-order valence-electron chi connectivity index (χ2n) is 4.96. The maximum Gasteiger partial charge on any atom is 0.225 e. The molecule has 4 rings (SSSR count). The van der Waals surface area contributed by atoms with Crippen LogP contribution in [0.5, 0.6) is 0 Å². The Morgan fingerprint density at radius 1 is 1.29 bits per heavy atom. The smallest absolute Gasteiger partial charge is 0.225 e. The van der Waals surface area contributed by atoms with Gasteiger partial charge in [-0.15, -0.1) is 0 Å². The van der Waals surface area contributed by atoms with E-state index in [0.29, 0.717) is 22.6 Å². The van der Waals surface area contributed by atoms with Gasteiger partial charge in [0.1, 0.15) is 17.4 Å². The van der Waals surface area contributed by atoms with Crippen LogP contribution < -0.4 is 0 Å². The Bertz CT molecular complexity index is 763.